The third-order valence-electron chi connectivity index (χ3n) is 3.59. The van der Waals surface area contributed by atoms with Gasteiger partial charge in [0.25, 0.3) is 0 Å². The van der Waals surface area contributed by atoms with Crippen LogP contribution in [0.2, 0.25) is 0 Å². The van der Waals surface area contributed by atoms with E-state index in [2.05, 4.69) is 6.92 Å². The molecule has 1 aliphatic rings. The van der Waals surface area contributed by atoms with E-state index in [9.17, 15) is 4.79 Å². The van der Waals surface area contributed by atoms with Crippen LogP contribution < -0.4 is 0 Å². The van der Waals surface area contributed by atoms with Crippen molar-refractivity contribution in [1.29, 1.82) is 0 Å². The fraction of sp³-hybridized carbons (Fsp3) is 0.933. The number of unbranched alkanes of at least 4 members (excludes halogenated alkanes) is 7. The lowest BCUT2D eigenvalue weighted by Crippen LogP contribution is -2.28. The number of ether oxygens (including phenoxy) is 1. The quantitative estimate of drug-likeness (QED) is 0.573. The van der Waals surface area contributed by atoms with E-state index in [0.29, 0.717) is 6.61 Å². The first-order chi connectivity index (χ1) is 8.84. The predicted molar refractivity (Wildman–Crippen MR) is 74.8 cm³/mol. The van der Waals surface area contributed by atoms with Gasteiger partial charge in [-0.25, -0.2) is 4.79 Å². The average molecular weight is 255 g/mol. The van der Waals surface area contributed by atoms with Gasteiger partial charge in [-0.3, -0.25) is 0 Å². The third-order valence-corrected chi connectivity index (χ3v) is 3.59. The van der Waals surface area contributed by atoms with Crippen molar-refractivity contribution in [3.8, 4) is 0 Å². The van der Waals surface area contributed by atoms with Crippen LogP contribution in [0, 0.1) is 0 Å². The van der Waals surface area contributed by atoms with E-state index in [4.69, 9.17) is 4.74 Å². The second-order valence-corrected chi connectivity index (χ2v) is 5.28. The highest BCUT2D eigenvalue weighted by atomic mass is 16.6. The lowest BCUT2D eigenvalue weighted by molar-refractivity contribution is 0.109. The molecule has 0 radical (unpaired) electrons. The summed E-state index contributed by atoms with van der Waals surface area (Å²) in [5, 5.41) is 0. The number of likely N-dealkylation sites (tertiary alicyclic amines) is 1. The molecule has 0 bridgehead atoms. The maximum atomic E-state index is 11.6. The summed E-state index contributed by atoms with van der Waals surface area (Å²) in [6, 6.07) is 0. The summed E-state index contributed by atoms with van der Waals surface area (Å²) in [6.45, 7) is 4.62. The molecule has 0 spiro atoms. The molecule has 1 amide bonds. The molecule has 0 unspecified atom stereocenters. The predicted octanol–water partition coefficient (Wildman–Crippen LogP) is 4.36. The van der Waals surface area contributed by atoms with Gasteiger partial charge in [0.1, 0.15) is 0 Å². The van der Waals surface area contributed by atoms with Crippen molar-refractivity contribution in [2.75, 3.05) is 19.7 Å². The van der Waals surface area contributed by atoms with Crippen LogP contribution in [0.5, 0.6) is 0 Å². The van der Waals surface area contributed by atoms with Crippen LogP contribution in [0.3, 0.4) is 0 Å². The van der Waals surface area contributed by atoms with Gasteiger partial charge >= 0.3 is 6.09 Å². The minimum Gasteiger partial charge on any atom is -0.449 e. The standard InChI is InChI=1S/C15H29NO2/c1-2-3-4-5-6-7-8-11-14-18-15(17)16-12-9-10-13-16/h2-14H2,1H3. The van der Waals surface area contributed by atoms with Gasteiger partial charge in [0.2, 0.25) is 0 Å². The van der Waals surface area contributed by atoms with E-state index in [1.54, 1.807) is 0 Å². The topological polar surface area (TPSA) is 29.5 Å². The lowest BCUT2D eigenvalue weighted by Gasteiger charge is -2.14. The van der Waals surface area contributed by atoms with Crippen molar-refractivity contribution in [2.24, 2.45) is 0 Å². The SMILES string of the molecule is CCCCCCCCCCOC(=O)N1CCCC1. The highest BCUT2D eigenvalue weighted by Gasteiger charge is 2.18. The van der Waals surface area contributed by atoms with Crippen LogP contribution in [0.25, 0.3) is 0 Å². The Hall–Kier alpha value is -0.730. The molecule has 1 rings (SSSR count). The summed E-state index contributed by atoms with van der Waals surface area (Å²) in [6.07, 6.45) is 12.4. The Morgan fingerprint density at radius 1 is 0.944 bits per heavy atom. The van der Waals surface area contributed by atoms with E-state index in [1.165, 1.54) is 44.9 Å². The van der Waals surface area contributed by atoms with E-state index < -0.39 is 0 Å². The maximum Gasteiger partial charge on any atom is 0.409 e. The summed E-state index contributed by atoms with van der Waals surface area (Å²) in [5.41, 5.74) is 0. The average Bonchev–Trinajstić information content (AvgIpc) is 2.90. The highest BCUT2D eigenvalue weighted by molar-refractivity contribution is 5.67. The normalized spacial score (nSPS) is 15.1. The molecule has 1 heterocycles. The molecule has 0 saturated carbocycles. The number of carbonyl (C=O) groups excluding carboxylic acids is 1. The molecule has 18 heavy (non-hydrogen) atoms. The van der Waals surface area contributed by atoms with Crippen LogP contribution >= 0.6 is 0 Å². The molecule has 0 aliphatic carbocycles. The van der Waals surface area contributed by atoms with Gasteiger partial charge in [-0.05, 0) is 19.3 Å². The second kappa shape index (κ2) is 10.2. The second-order valence-electron chi connectivity index (χ2n) is 5.28. The van der Waals surface area contributed by atoms with Gasteiger partial charge in [0.05, 0.1) is 6.61 Å². The van der Waals surface area contributed by atoms with Crippen LogP contribution in [0.4, 0.5) is 4.79 Å². The monoisotopic (exact) mass is 255 g/mol. The Bertz CT molecular complexity index is 213. The Balaban J connectivity index is 1.82. The minimum absolute atomic E-state index is 0.101. The summed E-state index contributed by atoms with van der Waals surface area (Å²) in [5.74, 6) is 0. The number of hydrogen-bond donors (Lipinski definition) is 0. The number of rotatable bonds is 9. The molecule has 3 nitrogen and oxygen atoms in total. The molecule has 0 aromatic heterocycles. The highest BCUT2D eigenvalue weighted by Crippen LogP contribution is 2.10. The summed E-state index contributed by atoms with van der Waals surface area (Å²) in [7, 11) is 0. The molecule has 0 aromatic rings. The van der Waals surface area contributed by atoms with Gasteiger partial charge in [-0.15, -0.1) is 0 Å². The Kier molecular flexibility index (Phi) is 8.70. The smallest absolute Gasteiger partial charge is 0.409 e. The number of hydrogen-bond acceptors (Lipinski definition) is 2. The van der Waals surface area contributed by atoms with Gasteiger partial charge in [-0.1, -0.05) is 51.9 Å². The maximum absolute atomic E-state index is 11.6. The van der Waals surface area contributed by atoms with Crippen LogP contribution in [0.15, 0.2) is 0 Å². The molecule has 106 valence electrons. The molecule has 1 aliphatic heterocycles. The fourth-order valence-corrected chi connectivity index (χ4v) is 2.39. The summed E-state index contributed by atoms with van der Waals surface area (Å²) < 4.78 is 5.26. The number of nitrogens with zero attached hydrogens (tertiary/aromatic N) is 1. The zero-order valence-corrected chi connectivity index (χ0v) is 12.0. The Morgan fingerprint density at radius 2 is 1.50 bits per heavy atom. The number of carbonyl (C=O) groups is 1. The van der Waals surface area contributed by atoms with Gasteiger partial charge in [0.15, 0.2) is 0 Å². The van der Waals surface area contributed by atoms with Crippen molar-refractivity contribution in [1.82, 2.24) is 4.90 Å². The van der Waals surface area contributed by atoms with Gasteiger partial charge in [-0.2, -0.15) is 0 Å². The van der Waals surface area contributed by atoms with Crippen molar-refractivity contribution in [2.45, 2.75) is 71.1 Å². The molecular weight excluding hydrogens is 226 g/mol. The number of amides is 1. The minimum atomic E-state index is -0.101. The Labute approximate surface area is 112 Å². The zero-order chi connectivity index (χ0) is 13.1. The van der Waals surface area contributed by atoms with Crippen LogP contribution in [0.1, 0.15) is 71.1 Å². The van der Waals surface area contributed by atoms with Gasteiger partial charge in [0, 0.05) is 13.1 Å². The first kappa shape index (κ1) is 15.3. The van der Waals surface area contributed by atoms with E-state index in [0.717, 1.165) is 32.4 Å². The Morgan fingerprint density at radius 3 is 2.11 bits per heavy atom. The van der Waals surface area contributed by atoms with E-state index >= 15 is 0 Å². The van der Waals surface area contributed by atoms with Crippen molar-refractivity contribution in [3.63, 3.8) is 0 Å². The molecule has 0 aromatic carbocycles. The molecule has 3 heteroatoms. The lowest BCUT2D eigenvalue weighted by atomic mass is 10.1. The molecule has 0 atom stereocenters. The largest absolute Gasteiger partial charge is 0.449 e. The van der Waals surface area contributed by atoms with E-state index in [-0.39, 0.29) is 6.09 Å². The van der Waals surface area contributed by atoms with Crippen LogP contribution in [-0.2, 0) is 4.74 Å². The summed E-state index contributed by atoms with van der Waals surface area (Å²) >= 11 is 0. The van der Waals surface area contributed by atoms with Crippen molar-refractivity contribution >= 4 is 6.09 Å². The first-order valence-corrected chi connectivity index (χ1v) is 7.76. The molecule has 0 N–H and O–H groups in total. The van der Waals surface area contributed by atoms with Crippen molar-refractivity contribution in [3.05, 3.63) is 0 Å². The van der Waals surface area contributed by atoms with Gasteiger partial charge < -0.3 is 9.64 Å². The molecular formula is C15H29NO2. The molecule has 1 fully saturated rings. The summed E-state index contributed by atoms with van der Waals surface area (Å²) in [4.78, 5) is 13.4. The zero-order valence-electron chi connectivity index (χ0n) is 12.0. The fourth-order valence-electron chi connectivity index (χ4n) is 2.39. The van der Waals surface area contributed by atoms with E-state index in [1.807, 2.05) is 4.90 Å². The first-order valence-electron chi connectivity index (χ1n) is 7.76. The van der Waals surface area contributed by atoms with Crippen LogP contribution in [-0.4, -0.2) is 30.7 Å². The molecule has 1 saturated heterocycles. The third kappa shape index (κ3) is 6.87. The van der Waals surface area contributed by atoms with Crippen molar-refractivity contribution < 1.29 is 9.53 Å².